The fourth-order valence-corrected chi connectivity index (χ4v) is 4.51. The molecule has 32 heavy (non-hydrogen) atoms. The Labute approximate surface area is 192 Å². The molecule has 3 rings (SSSR count). The number of methoxy groups -OCH3 is 1. The topological polar surface area (TPSA) is 58.6 Å². The lowest BCUT2D eigenvalue weighted by atomic mass is 10.0. The van der Waals surface area contributed by atoms with Crippen molar-refractivity contribution in [1.82, 2.24) is 10.2 Å². The largest absolute Gasteiger partial charge is 0.497 e. The van der Waals surface area contributed by atoms with Gasteiger partial charge in [-0.15, -0.1) is 0 Å². The van der Waals surface area contributed by atoms with Crippen LogP contribution in [0.3, 0.4) is 0 Å². The first-order chi connectivity index (χ1) is 15.4. The van der Waals surface area contributed by atoms with Gasteiger partial charge in [-0.05, 0) is 61.9 Å². The van der Waals surface area contributed by atoms with Crippen molar-refractivity contribution in [2.75, 3.05) is 7.11 Å². The van der Waals surface area contributed by atoms with Gasteiger partial charge < -0.3 is 15.0 Å². The third-order valence-corrected chi connectivity index (χ3v) is 6.42. The first-order valence-corrected chi connectivity index (χ1v) is 11.7. The Hall–Kier alpha value is -2.82. The number of hydrogen-bond acceptors (Lipinski definition) is 3. The molecule has 0 unspecified atom stereocenters. The number of nitrogens with zero attached hydrogens (tertiary/aromatic N) is 1. The highest BCUT2D eigenvalue weighted by Gasteiger charge is 2.30. The summed E-state index contributed by atoms with van der Waals surface area (Å²) in [6, 6.07) is 13.6. The Balaban J connectivity index is 1.86. The molecule has 5 heteroatoms. The summed E-state index contributed by atoms with van der Waals surface area (Å²) in [5.74, 6) is 0.666. The second-order valence-corrected chi connectivity index (χ2v) is 8.89. The van der Waals surface area contributed by atoms with Crippen molar-refractivity contribution in [3.05, 3.63) is 64.7 Å². The monoisotopic (exact) mass is 436 g/mol. The van der Waals surface area contributed by atoms with Crippen LogP contribution in [-0.2, 0) is 22.6 Å². The molecule has 0 heterocycles. The lowest BCUT2D eigenvalue weighted by Crippen LogP contribution is -2.51. The fraction of sp³-hybridized carbons (Fsp3) is 0.481. The molecule has 1 atom stereocenters. The van der Waals surface area contributed by atoms with Crippen LogP contribution in [-0.4, -0.2) is 35.9 Å². The summed E-state index contributed by atoms with van der Waals surface area (Å²) in [6.45, 7) is 6.41. The van der Waals surface area contributed by atoms with Crippen molar-refractivity contribution >= 4 is 11.8 Å². The van der Waals surface area contributed by atoms with E-state index < -0.39 is 6.04 Å². The van der Waals surface area contributed by atoms with E-state index in [0.717, 1.165) is 53.7 Å². The van der Waals surface area contributed by atoms with Crippen molar-refractivity contribution in [3.8, 4) is 5.75 Å². The Morgan fingerprint density at radius 1 is 1.12 bits per heavy atom. The molecule has 1 saturated carbocycles. The van der Waals surface area contributed by atoms with Gasteiger partial charge in [0.1, 0.15) is 11.8 Å². The van der Waals surface area contributed by atoms with Crippen molar-refractivity contribution in [1.29, 1.82) is 0 Å². The number of amides is 2. The summed E-state index contributed by atoms with van der Waals surface area (Å²) in [6.07, 6.45) is 5.20. The van der Waals surface area contributed by atoms with E-state index >= 15 is 0 Å². The SMILES string of the molecule is CC[C@H](C(=O)NC1CCCC1)N(Cc1cccc(OC)c1)C(=O)Cc1cc(C)ccc1C. The normalized spacial score (nSPS) is 14.8. The van der Waals surface area contributed by atoms with E-state index in [1.807, 2.05) is 45.0 Å². The second kappa shape index (κ2) is 11.2. The summed E-state index contributed by atoms with van der Waals surface area (Å²) in [4.78, 5) is 28.6. The van der Waals surface area contributed by atoms with Crippen molar-refractivity contribution < 1.29 is 14.3 Å². The van der Waals surface area contributed by atoms with Gasteiger partial charge in [0, 0.05) is 12.6 Å². The molecule has 0 bridgehead atoms. The lowest BCUT2D eigenvalue weighted by molar-refractivity contribution is -0.141. The number of rotatable bonds is 9. The van der Waals surface area contributed by atoms with Crippen LogP contribution in [0, 0.1) is 13.8 Å². The molecule has 5 nitrogen and oxygen atoms in total. The van der Waals surface area contributed by atoms with E-state index in [4.69, 9.17) is 4.74 Å². The van der Waals surface area contributed by atoms with Gasteiger partial charge in [-0.2, -0.15) is 0 Å². The van der Waals surface area contributed by atoms with E-state index in [1.54, 1.807) is 12.0 Å². The molecule has 2 aromatic carbocycles. The summed E-state index contributed by atoms with van der Waals surface area (Å²) >= 11 is 0. The third kappa shape index (κ3) is 6.12. The maximum Gasteiger partial charge on any atom is 0.243 e. The Kier molecular flexibility index (Phi) is 8.32. The maximum atomic E-state index is 13.6. The highest BCUT2D eigenvalue weighted by Crippen LogP contribution is 2.21. The van der Waals surface area contributed by atoms with Crippen LogP contribution >= 0.6 is 0 Å². The molecule has 1 N–H and O–H groups in total. The fourth-order valence-electron chi connectivity index (χ4n) is 4.51. The molecule has 0 radical (unpaired) electrons. The number of carbonyl (C=O) groups excluding carboxylic acids is 2. The molecule has 172 valence electrons. The molecular formula is C27H36N2O3. The molecule has 0 aliphatic heterocycles. The Morgan fingerprint density at radius 2 is 1.88 bits per heavy atom. The van der Waals surface area contributed by atoms with Gasteiger partial charge in [-0.1, -0.05) is 55.7 Å². The molecule has 0 spiro atoms. The molecular weight excluding hydrogens is 400 g/mol. The van der Waals surface area contributed by atoms with Gasteiger partial charge >= 0.3 is 0 Å². The molecule has 0 aromatic heterocycles. The van der Waals surface area contributed by atoms with Crippen LogP contribution in [0.25, 0.3) is 0 Å². The van der Waals surface area contributed by atoms with E-state index in [9.17, 15) is 9.59 Å². The van der Waals surface area contributed by atoms with Gasteiger partial charge in [0.2, 0.25) is 11.8 Å². The van der Waals surface area contributed by atoms with Crippen LogP contribution in [0.15, 0.2) is 42.5 Å². The van der Waals surface area contributed by atoms with Gasteiger partial charge in [-0.25, -0.2) is 0 Å². The summed E-state index contributed by atoms with van der Waals surface area (Å²) in [7, 11) is 1.63. The molecule has 1 aliphatic rings. The van der Waals surface area contributed by atoms with E-state index in [0.29, 0.717) is 13.0 Å². The van der Waals surface area contributed by atoms with Gasteiger partial charge in [0.05, 0.1) is 13.5 Å². The highest BCUT2D eigenvalue weighted by atomic mass is 16.5. The maximum absolute atomic E-state index is 13.6. The lowest BCUT2D eigenvalue weighted by Gasteiger charge is -2.32. The van der Waals surface area contributed by atoms with Crippen LogP contribution in [0.1, 0.15) is 61.3 Å². The zero-order valence-electron chi connectivity index (χ0n) is 19.8. The Bertz CT molecular complexity index is 934. The standard InChI is InChI=1S/C27H36N2O3/c1-5-25(27(31)28-23-10-6-7-11-23)29(18-21-9-8-12-24(16-21)32-4)26(30)17-22-15-19(2)13-14-20(22)3/h8-9,12-16,23,25H,5-7,10-11,17-18H2,1-4H3,(H,28,31)/t25-/m1/s1. The van der Waals surface area contributed by atoms with E-state index in [-0.39, 0.29) is 24.3 Å². The van der Waals surface area contributed by atoms with Crippen LogP contribution in [0.5, 0.6) is 5.75 Å². The highest BCUT2D eigenvalue weighted by molar-refractivity contribution is 5.88. The minimum atomic E-state index is -0.501. The summed E-state index contributed by atoms with van der Waals surface area (Å²) in [5.41, 5.74) is 4.18. The average Bonchev–Trinajstić information content (AvgIpc) is 3.29. The molecule has 2 amide bonds. The number of benzene rings is 2. The molecule has 1 aliphatic carbocycles. The number of hydrogen-bond donors (Lipinski definition) is 1. The minimum Gasteiger partial charge on any atom is -0.497 e. The van der Waals surface area contributed by atoms with Crippen molar-refractivity contribution in [3.63, 3.8) is 0 Å². The van der Waals surface area contributed by atoms with E-state index in [1.165, 1.54) is 0 Å². The number of carbonyl (C=O) groups is 2. The summed E-state index contributed by atoms with van der Waals surface area (Å²) in [5, 5.41) is 3.20. The molecule has 2 aromatic rings. The van der Waals surface area contributed by atoms with Gasteiger partial charge in [0.15, 0.2) is 0 Å². The van der Waals surface area contributed by atoms with Gasteiger partial charge in [0.25, 0.3) is 0 Å². The minimum absolute atomic E-state index is 0.0325. The zero-order chi connectivity index (χ0) is 23.1. The summed E-state index contributed by atoms with van der Waals surface area (Å²) < 4.78 is 5.36. The predicted molar refractivity (Wildman–Crippen MR) is 128 cm³/mol. The third-order valence-electron chi connectivity index (χ3n) is 6.42. The Morgan fingerprint density at radius 3 is 2.56 bits per heavy atom. The van der Waals surface area contributed by atoms with Crippen molar-refractivity contribution in [2.24, 2.45) is 0 Å². The quantitative estimate of drug-likeness (QED) is 0.619. The number of nitrogens with one attached hydrogen (secondary N) is 1. The first kappa shape index (κ1) is 23.8. The van der Waals surface area contributed by atoms with Crippen LogP contribution in [0.2, 0.25) is 0 Å². The van der Waals surface area contributed by atoms with Crippen LogP contribution in [0.4, 0.5) is 0 Å². The molecule has 1 fully saturated rings. The second-order valence-electron chi connectivity index (χ2n) is 8.89. The number of ether oxygens (including phenoxy) is 1. The average molecular weight is 437 g/mol. The number of aryl methyl sites for hydroxylation is 2. The van der Waals surface area contributed by atoms with Gasteiger partial charge in [-0.3, -0.25) is 9.59 Å². The predicted octanol–water partition coefficient (Wildman–Crippen LogP) is 4.72. The zero-order valence-corrected chi connectivity index (χ0v) is 19.8. The van der Waals surface area contributed by atoms with Crippen molar-refractivity contribution in [2.45, 2.75) is 77.9 Å². The first-order valence-electron chi connectivity index (χ1n) is 11.7. The molecule has 0 saturated heterocycles. The smallest absolute Gasteiger partial charge is 0.243 e. The van der Waals surface area contributed by atoms with E-state index in [2.05, 4.69) is 23.5 Å². The van der Waals surface area contributed by atoms with Crippen LogP contribution < -0.4 is 10.1 Å².